The quantitative estimate of drug-likeness (QED) is 0.463. The monoisotopic (exact) mass is 412 g/mol. The van der Waals surface area contributed by atoms with Gasteiger partial charge in [0.15, 0.2) is 0 Å². The summed E-state index contributed by atoms with van der Waals surface area (Å²) >= 11 is 0. The minimum absolute atomic E-state index is 0.249. The summed E-state index contributed by atoms with van der Waals surface area (Å²) in [7, 11) is -3.21. The van der Waals surface area contributed by atoms with E-state index in [1.807, 2.05) is 24.3 Å². The van der Waals surface area contributed by atoms with E-state index in [2.05, 4.69) is 61.5 Å². The fourth-order valence-corrected chi connectivity index (χ4v) is 3.33. The highest BCUT2D eigenvalue weighted by molar-refractivity contribution is 7.88. The van der Waals surface area contributed by atoms with Crippen LogP contribution in [0, 0.1) is 6.92 Å². The van der Waals surface area contributed by atoms with Crippen molar-refractivity contribution in [1.29, 1.82) is 0 Å². The molecule has 8 nitrogen and oxygen atoms in total. The van der Waals surface area contributed by atoms with E-state index in [1.165, 1.54) is 23.0 Å². The van der Waals surface area contributed by atoms with Crippen LogP contribution in [0.2, 0.25) is 0 Å². The molecule has 0 saturated carbocycles. The first-order chi connectivity index (χ1) is 13.9. The van der Waals surface area contributed by atoms with Gasteiger partial charge in [-0.15, -0.1) is 0 Å². The van der Waals surface area contributed by atoms with E-state index in [0.717, 1.165) is 11.8 Å². The molecular weight excluding hydrogens is 388 g/mol. The number of nitrogens with zero attached hydrogens (tertiary/aromatic N) is 3. The summed E-state index contributed by atoms with van der Waals surface area (Å²) in [5.41, 5.74) is 4.73. The van der Waals surface area contributed by atoms with E-state index in [4.69, 9.17) is 0 Å². The summed E-state index contributed by atoms with van der Waals surface area (Å²) in [4.78, 5) is 12.5. The van der Waals surface area contributed by atoms with Crippen molar-refractivity contribution in [3.8, 4) is 11.1 Å². The number of nitrogens with one attached hydrogen (secondary N) is 3. The average molecular weight is 413 g/mol. The van der Waals surface area contributed by atoms with Crippen molar-refractivity contribution in [3.05, 3.63) is 66.0 Å². The van der Waals surface area contributed by atoms with Crippen LogP contribution in [0.4, 0.5) is 11.9 Å². The Balaban J connectivity index is 1.62. The molecule has 3 N–H and O–H groups in total. The van der Waals surface area contributed by atoms with Crippen molar-refractivity contribution in [2.45, 2.75) is 13.5 Å². The van der Waals surface area contributed by atoms with Gasteiger partial charge in [0.2, 0.25) is 21.9 Å². The molecule has 0 bridgehead atoms. The molecule has 3 rings (SSSR count). The molecule has 152 valence electrons. The van der Waals surface area contributed by atoms with E-state index in [1.54, 1.807) is 0 Å². The fourth-order valence-electron chi connectivity index (χ4n) is 2.86. The van der Waals surface area contributed by atoms with Crippen molar-refractivity contribution in [2.24, 2.45) is 0 Å². The molecular formula is C20H24N6O2S. The summed E-state index contributed by atoms with van der Waals surface area (Å²) < 4.78 is 24.5. The molecule has 0 saturated heterocycles. The lowest BCUT2D eigenvalue weighted by atomic mass is 9.96. The van der Waals surface area contributed by atoms with Crippen molar-refractivity contribution in [1.82, 2.24) is 19.7 Å². The maximum atomic E-state index is 11.1. The normalized spacial score (nSPS) is 11.2. The van der Waals surface area contributed by atoms with Gasteiger partial charge in [-0.1, -0.05) is 48.5 Å². The smallest absolute Gasteiger partial charge is 0.227 e. The Morgan fingerprint density at radius 3 is 2.34 bits per heavy atom. The molecule has 0 unspecified atom stereocenters. The molecule has 9 heteroatoms. The molecule has 0 fully saturated rings. The summed E-state index contributed by atoms with van der Waals surface area (Å²) in [5, 5.41) is 6.19. The second-order valence-electron chi connectivity index (χ2n) is 6.54. The van der Waals surface area contributed by atoms with Gasteiger partial charge in [0, 0.05) is 19.6 Å². The SMILES string of the molecule is Cc1c(CNc2ncnc(NCCNS(C)(=O)=O)n2)cccc1-c1ccccc1. The van der Waals surface area contributed by atoms with Crippen LogP contribution in [0.3, 0.4) is 0 Å². The van der Waals surface area contributed by atoms with Crippen LogP contribution >= 0.6 is 0 Å². The van der Waals surface area contributed by atoms with Crippen molar-refractivity contribution in [2.75, 3.05) is 30.0 Å². The van der Waals surface area contributed by atoms with Gasteiger partial charge in [-0.3, -0.25) is 0 Å². The van der Waals surface area contributed by atoms with Crippen LogP contribution in [0.25, 0.3) is 11.1 Å². The number of hydrogen-bond donors (Lipinski definition) is 3. The summed E-state index contributed by atoms with van der Waals surface area (Å²) in [5.74, 6) is 0.829. The van der Waals surface area contributed by atoms with Gasteiger partial charge in [-0.05, 0) is 29.2 Å². The first-order valence-corrected chi connectivity index (χ1v) is 11.1. The highest BCUT2D eigenvalue weighted by Crippen LogP contribution is 2.25. The van der Waals surface area contributed by atoms with Crippen LogP contribution in [0.5, 0.6) is 0 Å². The second-order valence-corrected chi connectivity index (χ2v) is 8.37. The van der Waals surface area contributed by atoms with Crippen LogP contribution in [0.15, 0.2) is 54.9 Å². The van der Waals surface area contributed by atoms with Gasteiger partial charge in [-0.2, -0.15) is 4.98 Å². The Kier molecular flexibility index (Phi) is 6.73. The maximum Gasteiger partial charge on any atom is 0.227 e. The molecule has 0 amide bonds. The van der Waals surface area contributed by atoms with E-state index in [0.29, 0.717) is 25.0 Å². The maximum absolute atomic E-state index is 11.1. The van der Waals surface area contributed by atoms with Crippen molar-refractivity contribution >= 4 is 21.9 Å². The lowest BCUT2D eigenvalue weighted by Crippen LogP contribution is -2.28. The minimum atomic E-state index is -3.21. The van der Waals surface area contributed by atoms with E-state index >= 15 is 0 Å². The van der Waals surface area contributed by atoms with E-state index in [-0.39, 0.29) is 6.54 Å². The number of benzene rings is 2. The standard InChI is InChI=1S/C20H24N6O2S/c1-15-17(9-6-10-18(15)16-7-4-3-5-8-16)13-22-20-24-14-23-19(26-20)21-11-12-25-29(2,27)28/h3-10,14,25H,11-13H2,1-2H3,(H2,21,22,23,24,26). The number of hydrogen-bond acceptors (Lipinski definition) is 7. The highest BCUT2D eigenvalue weighted by Gasteiger charge is 2.07. The molecule has 2 aromatic carbocycles. The lowest BCUT2D eigenvalue weighted by molar-refractivity contribution is 0.589. The molecule has 0 aliphatic heterocycles. The van der Waals surface area contributed by atoms with Gasteiger partial charge in [0.25, 0.3) is 0 Å². The Labute approximate surface area is 170 Å². The van der Waals surface area contributed by atoms with Gasteiger partial charge in [0.1, 0.15) is 6.33 Å². The molecule has 0 spiro atoms. The van der Waals surface area contributed by atoms with E-state index < -0.39 is 10.0 Å². The predicted molar refractivity (Wildman–Crippen MR) is 115 cm³/mol. The van der Waals surface area contributed by atoms with E-state index in [9.17, 15) is 8.42 Å². The fraction of sp³-hybridized carbons (Fsp3) is 0.250. The lowest BCUT2D eigenvalue weighted by Gasteiger charge is -2.13. The van der Waals surface area contributed by atoms with Crippen molar-refractivity contribution < 1.29 is 8.42 Å². The first kappa shape index (κ1) is 20.7. The molecule has 0 aliphatic carbocycles. The zero-order valence-electron chi connectivity index (χ0n) is 16.4. The zero-order chi connectivity index (χ0) is 20.7. The third kappa shape index (κ3) is 6.23. The van der Waals surface area contributed by atoms with Gasteiger partial charge >= 0.3 is 0 Å². The summed E-state index contributed by atoms with van der Waals surface area (Å²) in [6, 6.07) is 16.5. The molecule has 0 aliphatic rings. The third-order valence-corrected chi connectivity index (χ3v) is 5.04. The minimum Gasteiger partial charge on any atom is -0.353 e. The second kappa shape index (κ2) is 9.44. The van der Waals surface area contributed by atoms with Crippen LogP contribution in [-0.4, -0.2) is 42.7 Å². The topological polar surface area (TPSA) is 109 Å². The number of anilines is 2. The predicted octanol–water partition coefficient (Wildman–Crippen LogP) is 2.42. The van der Waals surface area contributed by atoms with Crippen molar-refractivity contribution in [3.63, 3.8) is 0 Å². The molecule has 3 aromatic rings. The Bertz CT molecular complexity index is 1060. The van der Waals surface area contributed by atoms with Gasteiger partial charge in [-0.25, -0.2) is 23.1 Å². The number of sulfonamides is 1. The molecule has 0 radical (unpaired) electrons. The van der Waals surface area contributed by atoms with Crippen LogP contribution in [0.1, 0.15) is 11.1 Å². The summed E-state index contributed by atoms with van der Waals surface area (Å²) in [6.45, 7) is 3.30. The first-order valence-electron chi connectivity index (χ1n) is 9.18. The Morgan fingerprint density at radius 2 is 1.62 bits per heavy atom. The summed E-state index contributed by atoms with van der Waals surface area (Å²) in [6.07, 6.45) is 2.53. The van der Waals surface area contributed by atoms with Gasteiger partial charge in [0.05, 0.1) is 6.26 Å². The highest BCUT2D eigenvalue weighted by atomic mass is 32.2. The Morgan fingerprint density at radius 1 is 0.897 bits per heavy atom. The molecule has 0 atom stereocenters. The van der Waals surface area contributed by atoms with Gasteiger partial charge < -0.3 is 10.6 Å². The largest absolute Gasteiger partial charge is 0.353 e. The third-order valence-electron chi connectivity index (χ3n) is 4.31. The number of rotatable bonds is 9. The number of aromatic nitrogens is 3. The molecule has 29 heavy (non-hydrogen) atoms. The Hall–Kier alpha value is -3.04. The average Bonchev–Trinajstić information content (AvgIpc) is 2.71. The van der Waals surface area contributed by atoms with Crippen LogP contribution in [-0.2, 0) is 16.6 Å². The molecule has 1 heterocycles. The molecule has 1 aromatic heterocycles. The van der Waals surface area contributed by atoms with Crippen LogP contribution < -0.4 is 15.4 Å². The zero-order valence-corrected chi connectivity index (χ0v) is 17.2.